The minimum Gasteiger partial charge on any atom is -0.444 e. The Hall–Kier alpha value is -0.850. The predicted molar refractivity (Wildman–Crippen MR) is 65.1 cm³/mol. The number of ether oxygens (including phenoxy) is 3. The molecule has 6 heteroatoms. The number of alkyl carbamates (subject to hydrolysis) is 1. The van der Waals surface area contributed by atoms with Gasteiger partial charge in [0.25, 0.3) is 0 Å². The van der Waals surface area contributed by atoms with E-state index in [1.54, 1.807) is 34.6 Å². The van der Waals surface area contributed by atoms with E-state index in [1.165, 1.54) is 0 Å². The number of hydrogen-bond acceptors (Lipinski definition) is 5. The van der Waals surface area contributed by atoms with Gasteiger partial charge in [-0.05, 0) is 34.6 Å². The van der Waals surface area contributed by atoms with Crippen molar-refractivity contribution in [3.63, 3.8) is 0 Å². The molecular formula is C12H23NO5. The highest BCUT2D eigenvalue weighted by molar-refractivity contribution is 5.67. The van der Waals surface area contributed by atoms with E-state index in [2.05, 4.69) is 5.32 Å². The van der Waals surface area contributed by atoms with E-state index < -0.39 is 29.7 Å². The number of aliphatic hydroxyl groups excluding tert-OH is 1. The second-order valence-corrected chi connectivity index (χ2v) is 5.82. The lowest BCUT2D eigenvalue weighted by Crippen LogP contribution is -2.42. The zero-order chi connectivity index (χ0) is 14.0. The molecule has 0 saturated carbocycles. The monoisotopic (exact) mass is 261 g/mol. The van der Waals surface area contributed by atoms with Crippen LogP contribution in [0.5, 0.6) is 0 Å². The first-order valence-corrected chi connectivity index (χ1v) is 6.06. The maximum Gasteiger partial charge on any atom is 0.407 e. The zero-order valence-corrected chi connectivity index (χ0v) is 11.6. The second kappa shape index (κ2) is 5.42. The van der Waals surface area contributed by atoms with Gasteiger partial charge in [-0.3, -0.25) is 0 Å². The molecule has 1 amide bonds. The van der Waals surface area contributed by atoms with Crippen LogP contribution in [-0.4, -0.2) is 47.9 Å². The van der Waals surface area contributed by atoms with Crippen molar-refractivity contribution in [3.05, 3.63) is 0 Å². The number of carbonyl (C=O) groups excluding carboxylic acids is 1. The quantitative estimate of drug-likeness (QED) is 0.793. The summed E-state index contributed by atoms with van der Waals surface area (Å²) in [6.07, 6.45) is -1.81. The smallest absolute Gasteiger partial charge is 0.407 e. The van der Waals surface area contributed by atoms with E-state index >= 15 is 0 Å². The third-order valence-corrected chi connectivity index (χ3v) is 2.31. The standard InChI is InChI=1S/C12H23NO5/c1-11(2,3)18-10(15)13-6-8(14)9-7-16-12(4,5)17-9/h8-9,14H,6-7H2,1-5H3,(H,13,15)/t8?,9-/m1/s1. The molecule has 106 valence electrons. The summed E-state index contributed by atoms with van der Waals surface area (Å²) >= 11 is 0. The summed E-state index contributed by atoms with van der Waals surface area (Å²) in [7, 11) is 0. The van der Waals surface area contributed by atoms with E-state index in [-0.39, 0.29) is 6.54 Å². The van der Waals surface area contributed by atoms with E-state index in [0.717, 1.165) is 0 Å². The molecule has 2 atom stereocenters. The van der Waals surface area contributed by atoms with Crippen LogP contribution in [-0.2, 0) is 14.2 Å². The Morgan fingerprint density at radius 1 is 1.56 bits per heavy atom. The van der Waals surface area contributed by atoms with Gasteiger partial charge in [-0.2, -0.15) is 0 Å². The van der Waals surface area contributed by atoms with Crippen LogP contribution in [0.4, 0.5) is 4.79 Å². The van der Waals surface area contributed by atoms with Crippen LogP contribution in [0.3, 0.4) is 0 Å². The van der Waals surface area contributed by atoms with Gasteiger partial charge in [0.2, 0.25) is 0 Å². The largest absolute Gasteiger partial charge is 0.444 e. The molecule has 1 saturated heterocycles. The molecule has 1 heterocycles. The molecule has 2 N–H and O–H groups in total. The van der Waals surface area contributed by atoms with Gasteiger partial charge in [-0.25, -0.2) is 4.79 Å². The predicted octanol–water partition coefficient (Wildman–Crippen LogP) is 1.02. The van der Waals surface area contributed by atoms with Crippen LogP contribution in [0.15, 0.2) is 0 Å². The lowest BCUT2D eigenvalue weighted by atomic mass is 10.2. The van der Waals surface area contributed by atoms with Crippen molar-refractivity contribution in [2.24, 2.45) is 0 Å². The highest BCUT2D eigenvalue weighted by atomic mass is 16.7. The van der Waals surface area contributed by atoms with Crippen molar-refractivity contribution in [2.75, 3.05) is 13.2 Å². The molecule has 18 heavy (non-hydrogen) atoms. The van der Waals surface area contributed by atoms with Crippen LogP contribution in [0, 0.1) is 0 Å². The van der Waals surface area contributed by atoms with E-state index in [9.17, 15) is 9.90 Å². The van der Waals surface area contributed by atoms with Crippen molar-refractivity contribution in [1.82, 2.24) is 5.32 Å². The van der Waals surface area contributed by atoms with E-state index in [0.29, 0.717) is 6.61 Å². The summed E-state index contributed by atoms with van der Waals surface area (Å²) in [6.45, 7) is 9.27. The maximum absolute atomic E-state index is 11.4. The van der Waals surface area contributed by atoms with Crippen LogP contribution >= 0.6 is 0 Å². The first kappa shape index (κ1) is 15.2. The lowest BCUT2D eigenvalue weighted by molar-refractivity contribution is -0.150. The SMILES string of the molecule is CC(C)(C)OC(=O)NCC(O)[C@H]1COC(C)(C)O1. The van der Waals surface area contributed by atoms with Gasteiger partial charge in [-0.15, -0.1) is 0 Å². The molecule has 0 aromatic heterocycles. The number of aliphatic hydroxyl groups is 1. The van der Waals surface area contributed by atoms with Crippen molar-refractivity contribution in [2.45, 2.75) is 58.2 Å². The molecule has 1 aliphatic heterocycles. The minimum atomic E-state index is -0.820. The zero-order valence-electron chi connectivity index (χ0n) is 11.6. The van der Waals surface area contributed by atoms with Gasteiger partial charge in [0.15, 0.2) is 5.79 Å². The number of hydrogen-bond donors (Lipinski definition) is 2. The lowest BCUT2D eigenvalue weighted by Gasteiger charge is -2.22. The average molecular weight is 261 g/mol. The van der Waals surface area contributed by atoms with E-state index in [1.807, 2.05) is 0 Å². The van der Waals surface area contributed by atoms with Crippen LogP contribution in [0.2, 0.25) is 0 Å². The highest BCUT2D eigenvalue weighted by Crippen LogP contribution is 2.23. The molecule has 0 spiro atoms. The molecule has 6 nitrogen and oxygen atoms in total. The minimum absolute atomic E-state index is 0.0685. The third-order valence-electron chi connectivity index (χ3n) is 2.31. The van der Waals surface area contributed by atoms with Gasteiger partial charge in [0, 0.05) is 6.54 Å². The first-order valence-electron chi connectivity index (χ1n) is 6.06. The molecule has 1 fully saturated rings. The molecule has 1 aliphatic rings. The van der Waals surface area contributed by atoms with Gasteiger partial charge in [0.05, 0.1) is 12.7 Å². The van der Waals surface area contributed by atoms with Crippen molar-refractivity contribution >= 4 is 6.09 Å². The third kappa shape index (κ3) is 5.20. The molecule has 0 bridgehead atoms. The van der Waals surface area contributed by atoms with Crippen LogP contribution < -0.4 is 5.32 Å². The summed E-state index contributed by atoms with van der Waals surface area (Å²) in [5.74, 6) is -0.683. The summed E-state index contributed by atoms with van der Waals surface area (Å²) in [6, 6.07) is 0. The highest BCUT2D eigenvalue weighted by Gasteiger charge is 2.36. The number of carbonyl (C=O) groups is 1. The fraction of sp³-hybridized carbons (Fsp3) is 0.917. The summed E-state index contributed by atoms with van der Waals surface area (Å²) in [5.41, 5.74) is -0.552. The number of amides is 1. The molecular weight excluding hydrogens is 238 g/mol. The van der Waals surface area contributed by atoms with Crippen LogP contribution in [0.25, 0.3) is 0 Å². The van der Waals surface area contributed by atoms with Crippen molar-refractivity contribution in [3.8, 4) is 0 Å². The topological polar surface area (TPSA) is 77.0 Å². The number of nitrogens with one attached hydrogen (secondary N) is 1. The van der Waals surface area contributed by atoms with Crippen molar-refractivity contribution < 1.29 is 24.1 Å². The van der Waals surface area contributed by atoms with Gasteiger partial charge in [-0.1, -0.05) is 0 Å². The Kier molecular flexibility index (Phi) is 4.58. The van der Waals surface area contributed by atoms with E-state index in [4.69, 9.17) is 14.2 Å². The van der Waals surface area contributed by atoms with Gasteiger partial charge < -0.3 is 24.6 Å². The summed E-state index contributed by atoms with van der Waals surface area (Å²) < 4.78 is 15.9. The number of rotatable bonds is 3. The first-order chi connectivity index (χ1) is 8.09. The Labute approximate surface area is 108 Å². The Bertz CT molecular complexity index is 297. The second-order valence-electron chi connectivity index (χ2n) is 5.82. The average Bonchev–Trinajstić information content (AvgIpc) is 2.52. The van der Waals surface area contributed by atoms with Crippen molar-refractivity contribution in [1.29, 1.82) is 0 Å². The molecule has 1 unspecified atom stereocenters. The fourth-order valence-electron chi connectivity index (χ4n) is 1.54. The Morgan fingerprint density at radius 3 is 2.61 bits per heavy atom. The molecule has 0 aromatic rings. The Balaban J connectivity index is 2.29. The fourth-order valence-corrected chi connectivity index (χ4v) is 1.54. The Morgan fingerprint density at radius 2 is 2.17 bits per heavy atom. The molecule has 0 aromatic carbocycles. The van der Waals surface area contributed by atoms with Gasteiger partial charge in [0.1, 0.15) is 11.7 Å². The molecule has 0 radical (unpaired) electrons. The maximum atomic E-state index is 11.4. The van der Waals surface area contributed by atoms with Gasteiger partial charge >= 0.3 is 6.09 Å². The molecule has 1 rings (SSSR count). The van der Waals surface area contributed by atoms with Crippen LogP contribution in [0.1, 0.15) is 34.6 Å². The summed E-state index contributed by atoms with van der Waals surface area (Å²) in [5, 5.41) is 12.3. The normalized spacial score (nSPS) is 24.7. The molecule has 0 aliphatic carbocycles. The summed E-state index contributed by atoms with van der Waals surface area (Å²) in [4.78, 5) is 11.4.